The number of benzene rings is 1. The van der Waals surface area contributed by atoms with Gasteiger partial charge >= 0.3 is 0 Å². The van der Waals surface area contributed by atoms with Gasteiger partial charge in [-0.2, -0.15) is 0 Å². The first-order chi connectivity index (χ1) is 10.8. The van der Waals surface area contributed by atoms with E-state index in [0.717, 1.165) is 41.0 Å². The van der Waals surface area contributed by atoms with Crippen LogP contribution < -0.4 is 14.4 Å². The van der Waals surface area contributed by atoms with Crippen molar-refractivity contribution in [1.29, 1.82) is 0 Å². The molecule has 0 spiro atoms. The molecular formula is C17H21N2O3+. The maximum Gasteiger partial charge on any atom is 0.231 e. The van der Waals surface area contributed by atoms with Gasteiger partial charge in [-0.15, -0.1) is 0 Å². The number of likely N-dealkylation sites (tertiary alicyclic amines) is 1. The maximum absolute atomic E-state index is 5.53. The quantitative estimate of drug-likeness (QED) is 0.940. The van der Waals surface area contributed by atoms with Crippen LogP contribution >= 0.6 is 0 Å². The van der Waals surface area contributed by atoms with Crippen LogP contribution in [0.5, 0.6) is 11.5 Å². The highest BCUT2D eigenvalue weighted by Gasteiger charge is 2.22. The van der Waals surface area contributed by atoms with Crippen molar-refractivity contribution in [2.24, 2.45) is 5.92 Å². The monoisotopic (exact) mass is 301 g/mol. The SMILES string of the molecule is C[C@@H]1CCC[NH+](Cc2cc(-c3ccc4c(c3)OCO4)no2)C1. The molecule has 1 N–H and O–H groups in total. The average Bonchev–Trinajstić information content (AvgIpc) is 3.15. The summed E-state index contributed by atoms with van der Waals surface area (Å²) in [6.07, 6.45) is 2.65. The van der Waals surface area contributed by atoms with E-state index in [2.05, 4.69) is 12.1 Å². The number of fused-ring (bicyclic) bond motifs is 1. The molecule has 4 rings (SSSR count). The molecule has 1 unspecified atom stereocenters. The first-order valence-corrected chi connectivity index (χ1v) is 7.97. The highest BCUT2D eigenvalue weighted by Crippen LogP contribution is 2.35. The van der Waals surface area contributed by atoms with Crippen LogP contribution in [0.1, 0.15) is 25.5 Å². The van der Waals surface area contributed by atoms with Gasteiger partial charge in [0.05, 0.1) is 13.1 Å². The number of hydrogen-bond acceptors (Lipinski definition) is 4. The molecule has 1 aromatic carbocycles. The van der Waals surface area contributed by atoms with Gasteiger partial charge in [0.25, 0.3) is 0 Å². The van der Waals surface area contributed by atoms with Crippen molar-refractivity contribution in [3.8, 4) is 22.8 Å². The minimum atomic E-state index is 0.291. The molecule has 22 heavy (non-hydrogen) atoms. The number of ether oxygens (including phenoxy) is 2. The van der Waals surface area contributed by atoms with E-state index in [-0.39, 0.29) is 0 Å². The van der Waals surface area contributed by atoms with Crippen molar-refractivity contribution in [2.75, 3.05) is 19.9 Å². The molecule has 5 heteroatoms. The van der Waals surface area contributed by atoms with Crippen molar-refractivity contribution < 1.29 is 18.9 Å². The molecule has 2 aliphatic rings. The van der Waals surface area contributed by atoms with Crippen LogP contribution in [-0.2, 0) is 6.54 Å². The van der Waals surface area contributed by atoms with Crippen molar-refractivity contribution in [3.05, 3.63) is 30.0 Å². The Morgan fingerprint density at radius 2 is 2.14 bits per heavy atom. The Balaban J connectivity index is 1.49. The van der Waals surface area contributed by atoms with Crippen LogP contribution in [0.2, 0.25) is 0 Å². The Morgan fingerprint density at radius 3 is 3.05 bits per heavy atom. The van der Waals surface area contributed by atoms with Gasteiger partial charge in [-0.1, -0.05) is 12.1 Å². The van der Waals surface area contributed by atoms with Gasteiger partial charge in [-0.05, 0) is 31.0 Å². The van der Waals surface area contributed by atoms with E-state index in [1.54, 1.807) is 4.90 Å². The Morgan fingerprint density at radius 1 is 1.23 bits per heavy atom. The number of quaternary nitrogens is 1. The van der Waals surface area contributed by atoms with Crippen LogP contribution in [0, 0.1) is 5.92 Å². The zero-order chi connectivity index (χ0) is 14.9. The summed E-state index contributed by atoms with van der Waals surface area (Å²) >= 11 is 0. The van der Waals surface area contributed by atoms with Gasteiger partial charge in [0.1, 0.15) is 12.2 Å². The van der Waals surface area contributed by atoms with Gasteiger partial charge in [-0.25, -0.2) is 0 Å². The molecule has 0 saturated carbocycles. The second kappa shape index (κ2) is 5.65. The molecule has 0 radical (unpaired) electrons. The standard InChI is InChI=1S/C17H20N2O3/c1-12-3-2-6-19(9-12)10-14-8-15(18-22-14)13-4-5-16-17(7-13)21-11-20-16/h4-5,7-8,12H,2-3,6,9-11H2,1H3/p+1/t12-/m1/s1. The number of aromatic nitrogens is 1. The van der Waals surface area contributed by atoms with E-state index in [0.29, 0.717) is 6.79 Å². The molecule has 3 heterocycles. The number of nitrogens with zero attached hydrogens (tertiary/aromatic N) is 1. The predicted molar refractivity (Wildman–Crippen MR) is 80.9 cm³/mol. The average molecular weight is 301 g/mol. The molecule has 1 saturated heterocycles. The largest absolute Gasteiger partial charge is 0.454 e. The lowest BCUT2D eigenvalue weighted by Crippen LogP contribution is -3.12. The topological polar surface area (TPSA) is 48.9 Å². The lowest BCUT2D eigenvalue weighted by molar-refractivity contribution is -0.923. The van der Waals surface area contributed by atoms with Gasteiger partial charge < -0.3 is 18.9 Å². The summed E-state index contributed by atoms with van der Waals surface area (Å²) in [6, 6.07) is 7.91. The smallest absolute Gasteiger partial charge is 0.231 e. The van der Waals surface area contributed by atoms with Gasteiger partial charge in [0.2, 0.25) is 6.79 Å². The van der Waals surface area contributed by atoms with Gasteiger partial charge in [-0.3, -0.25) is 0 Å². The molecule has 0 amide bonds. The van der Waals surface area contributed by atoms with E-state index >= 15 is 0 Å². The maximum atomic E-state index is 5.53. The third-order valence-corrected chi connectivity index (χ3v) is 4.52. The van der Waals surface area contributed by atoms with Crippen LogP contribution in [0.4, 0.5) is 0 Å². The lowest BCUT2D eigenvalue weighted by Gasteiger charge is -2.26. The first-order valence-electron chi connectivity index (χ1n) is 7.97. The zero-order valence-corrected chi connectivity index (χ0v) is 12.8. The molecule has 2 atom stereocenters. The number of rotatable bonds is 3. The second-order valence-electron chi connectivity index (χ2n) is 6.37. The van der Waals surface area contributed by atoms with E-state index in [1.165, 1.54) is 25.9 Å². The van der Waals surface area contributed by atoms with Crippen molar-refractivity contribution >= 4 is 0 Å². The molecule has 2 aromatic rings. The fourth-order valence-electron chi connectivity index (χ4n) is 3.39. The van der Waals surface area contributed by atoms with Crippen LogP contribution in [-0.4, -0.2) is 25.0 Å². The van der Waals surface area contributed by atoms with Crippen molar-refractivity contribution in [3.63, 3.8) is 0 Å². The summed E-state index contributed by atoms with van der Waals surface area (Å²) in [4.78, 5) is 1.59. The van der Waals surface area contributed by atoms with E-state index in [4.69, 9.17) is 14.0 Å². The number of hydrogen-bond donors (Lipinski definition) is 1. The summed E-state index contributed by atoms with van der Waals surface area (Å²) in [5, 5.41) is 4.21. The minimum Gasteiger partial charge on any atom is -0.454 e. The Bertz CT molecular complexity index is 668. The summed E-state index contributed by atoms with van der Waals surface area (Å²) in [7, 11) is 0. The van der Waals surface area contributed by atoms with Gasteiger partial charge in [0.15, 0.2) is 17.3 Å². The molecule has 1 fully saturated rings. The summed E-state index contributed by atoms with van der Waals surface area (Å²) < 4.78 is 16.3. The van der Waals surface area contributed by atoms with E-state index < -0.39 is 0 Å². The van der Waals surface area contributed by atoms with Crippen molar-refractivity contribution in [1.82, 2.24) is 5.16 Å². The number of nitrogens with one attached hydrogen (secondary N) is 1. The second-order valence-corrected chi connectivity index (χ2v) is 6.37. The van der Waals surface area contributed by atoms with Crippen LogP contribution in [0.3, 0.4) is 0 Å². The van der Waals surface area contributed by atoms with Crippen LogP contribution in [0.25, 0.3) is 11.3 Å². The van der Waals surface area contributed by atoms with Crippen molar-refractivity contribution in [2.45, 2.75) is 26.3 Å². The minimum absolute atomic E-state index is 0.291. The van der Waals surface area contributed by atoms with Crippen LogP contribution in [0.15, 0.2) is 28.8 Å². The zero-order valence-electron chi connectivity index (χ0n) is 12.8. The fraction of sp³-hybridized carbons (Fsp3) is 0.471. The van der Waals surface area contributed by atoms with E-state index in [1.807, 2.05) is 24.3 Å². The Hall–Kier alpha value is -2.01. The normalized spacial score (nSPS) is 23.7. The highest BCUT2D eigenvalue weighted by molar-refractivity contribution is 5.64. The highest BCUT2D eigenvalue weighted by atomic mass is 16.7. The summed E-state index contributed by atoms with van der Waals surface area (Å²) in [6.45, 7) is 5.99. The lowest BCUT2D eigenvalue weighted by atomic mass is 10.0. The Labute approximate surface area is 129 Å². The molecule has 0 bridgehead atoms. The summed E-state index contributed by atoms with van der Waals surface area (Å²) in [5.74, 6) is 3.33. The Kier molecular flexibility index (Phi) is 3.50. The molecule has 0 aliphatic carbocycles. The van der Waals surface area contributed by atoms with E-state index in [9.17, 15) is 0 Å². The third kappa shape index (κ3) is 2.68. The molecule has 116 valence electrons. The van der Waals surface area contributed by atoms with Gasteiger partial charge in [0, 0.05) is 17.5 Å². The first kappa shape index (κ1) is 13.6. The predicted octanol–water partition coefficient (Wildman–Crippen LogP) is 1.89. The molecule has 2 aliphatic heterocycles. The molecule has 5 nitrogen and oxygen atoms in total. The fourth-order valence-corrected chi connectivity index (χ4v) is 3.39. The molecule has 1 aromatic heterocycles. The molecular weight excluding hydrogens is 280 g/mol. The number of piperidine rings is 1. The third-order valence-electron chi connectivity index (χ3n) is 4.52. The summed E-state index contributed by atoms with van der Waals surface area (Å²) in [5.41, 5.74) is 1.86.